The number of hydrogen-bond acceptors (Lipinski definition) is 2. The predicted molar refractivity (Wildman–Crippen MR) is 82.1 cm³/mol. The third-order valence-corrected chi connectivity index (χ3v) is 3.73. The molecule has 4 nitrogen and oxygen atoms in total. The van der Waals surface area contributed by atoms with Gasteiger partial charge in [-0.3, -0.25) is 4.79 Å². The summed E-state index contributed by atoms with van der Waals surface area (Å²) in [6.45, 7) is 1.67. The molecule has 5 heteroatoms. The van der Waals surface area contributed by atoms with Gasteiger partial charge in [0.25, 0.3) is 0 Å². The smallest absolute Gasteiger partial charge is 0.310 e. The average molecular weight is 301 g/mol. The molecule has 0 spiro atoms. The molecular formula is C16H13ClN2O2. The van der Waals surface area contributed by atoms with E-state index in [1.807, 2.05) is 48.7 Å². The fourth-order valence-corrected chi connectivity index (χ4v) is 2.35. The van der Waals surface area contributed by atoms with E-state index >= 15 is 0 Å². The molecule has 1 atom stereocenters. The summed E-state index contributed by atoms with van der Waals surface area (Å²) in [5.41, 5.74) is 2.47. The van der Waals surface area contributed by atoms with E-state index in [1.54, 1.807) is 11.6 Å². The van der Waals surface area contributed by atoms with Gasteiger partial charge in [-0.15, -0.1) is 0 Å². The Labute approximate surface area is 126 Å². The largest absolute Gasteiger partial charge is 0.481 e. The molecule has 106 valence electrons. The Balaban J connectivity index is 1.97. The van der Waals surface area contributed by atoms with Gasteiger partial charge in [-0.1, -0.05) is 23.7 Å². The van der Waals surface area contributed by atoms with E-state index < -0.39 is 11.9 Å². The summed E-state index contributed by atoms with van der Waals surface area (Å²) in [6, 6.07) is 12.9. The number of halogens is 1. The zero-order valence-corrected chi connectivity index (χ0v) is 12.1. The maximum atomic E-state index is 11.0. The minimum atomic E-state index is -0.831. The summed E-state index contributed by atoms with van der Waals surface area (Å²) in [5.74, 6) is -1.35. The van der Waals surface area contributed by atoms with Crippen molar-refractivity contribution in [2.45, 2.75) is 12.8 Å². The second-order valence-corrected chi connectivity index (χ2v) is 5.36. The van der Waals surface area contributed by atoms with Crippen LogP contribution in [0.15, 0.2) is 48.7 Å². The van der Waals surface area contributed by atoms with Crippen molar-refractivity contribution in [3.63, 3.8) is 0 Å². The lowest BCUT2D eigenvalue weighted by atomic mass is 10.0. The molecule has 3 rings (SSSR count). The van der Waals surface area contributed by atoms with Gasteiger partial charge in [0.15, 0.2) is 0 Å². The summed E-state index contributed by atoms with van der Waals surface area (Å²) in [4.78, 5) is 11.0. The number of fused-ring (bicyclic) bond motifs is 1. The van der Waals surface area contributed by atoms with Gasteiger partial charge in [-0.05, 0) is 42.8 Å². The highest BCUT2D eigenvalue weighted by atomic mass is 35.5. The number of carboxylic acid groups (broad SMARTS) is 1. The van der Waals surface area contributed by atoms with Crippen LogP contribution in [0.5, 0.6) is 0 Å². The third-order valence-electron chi connectivity index (χ3n) is 3.50. The van der Waals surface area contributed by atoms with E-state index in [4.69, 9.17) is 16.7 Å². The molecule has 0 saturated carbocycles. The van der Waals surface area contributed by atoms with Gasteiger partial charge < -0.3 is 5.11 Å². The van der Waals surface area contributed by atoms with Crippen molar-refractivity contribution in [2.75, 3.05) is 0 Å². The first-order valence-corrected chi connectivity index (χ1v) is 6.90. The van der Waals surface area contributed by atoms with Crippen LogP contribution in [0.25, 0.3) is 16.6 Å². The van der Waals surface area contributed by atoms with Crippen LogP contribution in [0.2, 0.25) is 5.02 Å². The summed E-state index contributed by atoms with van der Waals surface area (Å²) in [6.07, 6.45) is 1.92. The van der Waals surface area contributed by atoms with Crippen molar-refractivity contribution in [1.82, 2.24) is 9.78 Å². The molecule has 1 heterocycles. The Morgan fingerprint density at radius 3 is 2.62 bits per heavy atom. The highest BCUT2D eigenvalue weighted by molar-refractivity contribution is 6.31. The molecule has 2 aromatic carbocycles. The monoisotopic (exact) mass is 300 g/mol. The van der Waals surface area contributed by atoms with Crippen LogP contribution in [0.3, 0.4) is 0 Å². The lowest BCUT2D eigenvalue weighted by molar-refractivity contribution is -0.138. The molecule has 0 bridgehead atoms. The Bertz CT molecular complexity index is 809. The summed E-state index contributed by atoms with van der Waals surface area (Å²) >= 11 is 5.95. The summed E-state index contributed by atoms with van der Waals surface area (Å²) < 4.78 is 1.76. The van der Waals surface area contributed by atoms with Crippen LogP contribution in [-0.2, 0) is 4.79 Å². The van der Waals surface area contributed by atoms with Crippen molar-refractivity contribution < 1.29 is 9.90 Å². The van der Waals surface area contributed by atoms with E-state index in [-0.39, 0.29) is 0 Å². The molecule has 0 saturated heterocycles. The summed E-state index contributed by atoms with van der Waals surface area (Å²) in [5, 5.41) is 15.1. The standard InChI is InChI=1S/C16H13ClN2O2/c1-10(16(20)21)11-3-6-14(7-4-11)19-9-12-2-5-13(17)8-15(12)18-19/h2-10H,1H3,(H,20,21)/t10-/m0/s1. The fraction of sp³-hybridized carbons (Fsp3) is 0.125. The molecule has 0 aliphatic rings. The topological polar surface area (TPSA) is 55.1 Å². The number of benzene rings is 2. The van der Waals surface area contributed by atoms with Crippen LogP contribution in [0.1, 0.15) is 18.4 Å². The molecule has 0 radical (unpaired) electrons. The highest BCUT2D eigenvalue weighted by Gasteiger charge is 2.13. The molecule has 21 heavy (non-hydrogen) atoms. The number of carboxylic acids is 1. The summed E-state index contributed by atoms with van der Waals surface area (Å²) in [7, 11) is 0. The van der Waals surface area contributed by atoms with Crippen molar-refractivity contribution in [1.29, 1.82) is 0 Å². The first kappa shape index (κ1) is 13.6. The molecule has 0 fully saturated rings. The fourth-order valence-electron chi connectivity index (χ4n) is 2.18. The maximum Gasteiger partial charge on any atom is 0.310 e. The first-order valence-electron chi connectivity index (χ1n) is 6.52. The minimum absolute atomic E-state index is 0.519. The second kappa shape index (κ2) is 5.22. The molecular weight excluding hydrogens is 288 g/mol. The third kappa shape index (κ3) is 2.62. The number of aliphatic carboxylic acids is 1. The van der Waals surface area contributed by atoms with E-state index in [0.717, 1.165) is 22.2 Å². The predicted octanol–water partition coefficient (Wildman–Crippen LogP) is 3.87. The van der Waals surface area contributed by atoms with E-state index in [0.29, 0.717) is 5.02 Å². The number of hydrogen-bond donors (Lipinski definition) is 1. The minimum Gasteiger partial charge on any atom is -0.481 e. The zero-order chi connectivity index (χ0) is 15.0. The highest BCUT2D eigenvalue weighted by Crippen LogP contribution is 2.21. The lowest BCUT2D eigenvalue weighted by Gasteiger charge is -2.07. The van der Waals surface area contributed by atoms with E-state index in [2.05, 4.69) is 5.10 Å². The number of aromatic nitrogens is 2. The Morgan fingerprint density at radius 2 is 1.95 bits per heavy atom. The number of carbonyl (C=O) groups is 1. The zero-order valence-electron chi connectivity index (χ0n) is 11.3. The Kier molecular flexibility index (Phi) is 3.39. The van der Waals surface area contributed by atoms with Gasteiger partial charge in [-0.25, -0.2) is 4.68 Å². The van der Waals surface area contributed by atoms with Crippen LogP contribution in [0, 0.1) is 0 Å². The van der Waals surface area contributed by atoms with Gasteiger partial charge in [0.1, 0.15) is 0 Å². The van der Waals surface area contributed by atoms with E-state index in [1.165, 1.54) is 0 Å². The van der Waals surface area contributed by atoms with E-state index in [9.17, 15) is 4.79 Å². The quantitative estimate of drug-likeness (QED) is 0.799. The number of nitrogens with zero attached hydrogens (tertiary/aromatic N) is 2. The normalized spacial score (nSPS) is 12.5. The molecule has 1 N–H and O–H groups in total. The van der Waals surface area contributed by atoms with Gasteiger partial charge in [0, 0.05) is 16.6 Å². The van der Waals surface area contributed by atoms with Crippen molar-refractivity contribution in [3.8, 4) is 5.69 Å². The van der Waals surface area contributed by atoms with Gasteiger partial charge >= 0.3 is 5.97 Å². The Hall–Kier alpha value is -2.33. The van der Waals surface area contributed by atoms with Crippen LogP contribution in [-0.4, -0.2) is 20.9 Å². The molecule has 3 aromatic rings. The van der Waals surface area contributed by atoms with Crippen LogP contribution >= 0.6 is 11.6 Å². The van der Waals surface area contributed by atoms with Crippen molar-refractivity contribution in [3.05, 3.63) is 59.2 Å². The molecule has 0 amide bonds. The van der Waals surface area contributed by atoms with Gasteiger partial charge in [0.05, 0.1) is 17.1 Å². The number of rotatable bonds is 3. The van der Waals surface area contributed by atoms with Gasteiger partial charge in [-0.2, -0.15) is 5.10 Å². The van der Waals surface area contributed by atoms with Crippen LogP contribution in [0.4, 0.5) is 0 Å². The average Bonchev–Trinajstić information content (AvgIpc) is 2.89. The molecule has 0 aliphatic carbocycles. The molecule has 1 aromatic heterocycles. The molecule has 0 unspecified atom stereocenters. The van der Waals surface area contributed by atoms with Gasteiger partial charge in [0.2, 0.25) is 0 Å². The SMILES string of the molecule is C[C@H](C(=O)O)c1ccc(-n2cc3ccc(Cl)cc3n2)cc1. The van der Waals surface area contributed by atoms with Crippen molar-refractivity contribution >= 4 is 28.5 Å². The first-order chi connectivity index (χ1) is 10.0. The van der Waals surface area contributed by atoms with Crippen molar-refractivity contribution in [2.24, 2.45) is 0 Å². The maximum absolute atomic E-state index is 11.0. The second-order valence-electron chi connectivity index (χ2n) is 4.93. The van der Waals surface area contributed by atoms with Crippen LogP contribution < -0.4 is 0 Å². The Morgan fingerprint density at radius 1 is 1.24 bits per heavy atom. The lowest BCUT2D eigenvalue weighted by Crippen LogP contribution is -2.07. The molecule has 0 aliphatic heterocycles.